The second-order valence-corrected chi connectivity index (χ2v) is 8.73. The van der Waals surface area contributed by atoms with Gasteiger partial charge in [0.05, 0.1) is 20.8 Å². The normalized spacial score (nSPS) is 10.6. The Labute approximate surface area is 222 Å². The molecule has 4 aromatic rings. The van der Waals surface area contributed by atoms with Gasteiger partial charge in [0.25, 0.3) is 11.8 Å². The molecule has 1 heterocycles. The van der Waals surface area contributed by atoms with Crippen LogP contribution in [-0.2, 0) is 19.4 Å². The van der Waals surface area contributed by atoms with Crippen LogP contribution in [0.4, 0.5) is 0 Å². The fraction of sp³-hybridized carbons (Fsp3) is 0.233. The van der Waals surface area contributed by atoms with Gasteiger partial charge in [-0.3, -0.25) is 9.59 Å². The third-order valence-corrected chi connectivity index (χ3v) is 6.11. The fourth-order valence-electron chi connectivity index (χ4n) is 3.99. The first-order chi connectivity index (χ1) is 18.6. The van der Waals surface area contributed by atoms with Crippen LogP contribution in [-0.4, -0.2) is 49.2 Å². The third kappa shape index (κ3) is 7.22. The van der Waals surface area contributed by atoms with Crippen LogP contribution in [0.2, 0.25) is 0 Å². The van der Waals surface area contributed by atoms with E-state index in [1.807, 2.05) is 54.6 Å². The molecule has 196 valence electrons. The number of rotatable bonds is 12. The first-order valence-electron chi connectivity index (χ1n) is 12.4. The predicted octanol–water partition coefficient (Wildman–Crippen LogP) is 4.55. The highest BCUT2D eigenvalue weighted by molar-refractivity contribution is 5.95. The second kappa shape index (κ2) is 13.1. The zero-order chi connectivity index (χ0) is 26.7. The summed E-state index contributed by atoms with van der Waals surface area (Å²) in [4.78, 5) is 27.7. The Morgan fingerprint density at radius 1 is 0.842 bits per heavy atom. The Balaban J connectivity index is 1.40. The van der Waals surface area contributed by atoms with E-state index >= 15 is 0 Å². The molecule has 0 saturated carbocycles. The summed E-state index contributed by atoms with van der Waals surface area (Å²) in [6.07, 6.45) is 1.34. The van der Waals surface area contributed by atoms with Gasteiger partial charge in [0.2, 0.25) is 0 Å². The van der Waals surface area contributed by atoms with Crippen LogP contribution in [0.25, 0.3) is 0 Å². The van der Waals surface area contributed by atoms with Crippen LogP contribution < -0.4 is 14.8 Å². The average molecular weight is 514 g/mol. The van der Waals surface area contributed by atoms with E-state index in [4.69, 9.17) is 14.0 Å². The summed E-state index contributed by atoms with van der Waals surface area (Å²) < 4.78 is 15.9. The Morgan fingerprint density at radius 3 is 2.32 bits per heavy atom. The van der Waals surface area contributed by atoms with Gasteiger partial charge in [0.1, 0.15) is 11.5 Å². The number of ether oxygens (including phenoxy) is 2. The summed E-state index contributed by atoms with van der Waals surface area (Å²) in [5.74, 6) is 1.32. The van der Waals surface area contributed by atoms with Gasteiger partial charge in [-0.2, -0.15) is 0 Å². The molecule has 38 heavy (non-hydrogen) atoms. The number of benzene rings is 3. The maximum absolute atomic E-state index is 13.4. The molecule has 3 aromatic carbocycles. The van der Waals surface area contributed by atoms with Gasteiger partial charge in [-0.25, -0.2) is 0 Å². The van der Waals surface area contributed by atoms with Crippen LogP contribution in [0.15, 0.2) is 89.5 Å². The standard InChI is InChI=1S/C30H31N3O5/c1-36-25-13-11-23(12-14-25)15-17-31-29(34)28-20-27(38-32-28)21-33(18-16-22-7-4-3-5-8-22)30(35)24-9-6-10-26(19-24)37-2/h3-14,19-20H,15-18,21H2,1-2H3,(H,31,34). The number of carbonyl (C=O) groups is 2. The summed E-state index contributed by atoms with van der Waals surface area (Å²) >= 11 is 0. The molecule has 0 aliphatic carbocycles. The maximum Gasteiger partial charge on any atom is 0.273 e. The molecule has 0 radical (unpaired) electrons. The van der Waals surface area contributed by atoms with Crippen LogP contribution in [0.3, 0.4) is 0 Å². The van der Waals surface area contributed by atoms with Crippen molar-refractivity contribution >= 4 is 11.8 Å². The molecular weight excluding hydrogens is 482 g/mol. The smallest absolute Gasteiger partial charge is 0.273 e. The zero-order valence-corrected chi connectivity index (χ0v) is 21.6. The molecule has 1 aromatic heterocycles. The fourth-order valence-corrected chi connectivity index (χ4v) is 3.99. The van der Waals surface area contributed by atoms with E-state index in [1.165, 1.54) is 0 Å². The molecule has 0 aliphatic rings. The van der Waals surface area contributed by atoms with Crippen LogP contribution in [0, 0.1) is 0 Å². The van der Waals surface area contributed by atoms with Crippen molar-refractivity contribution in [3.05, 3.63) is 113 Å². The van der Waals surface area contributed by atoms with Crippen molar-refractivity contribution in [2.45, 2.75) is 19.4 Å². The van der Waals surface area contributed by atoms with Gasteiger partial charge < -0.3 is 24.2 Å². The largest absolute Gasteiger partial charge is 0.497 e. The first-order valence-corrected chi connectivity index (χ1v) is 12.4. The van der Waals surface area contributed by atoms with Crippen molar-refractivity contribution < 1.29 is 23.6 Å². The van der Waals surface area contributed by atoms with Crippen molar-refractivity contribution in [1.82, 2.24) is 15.4 Å². The van der Waals surface area contributed by atoms with Crippen LogP contribution >= 0.6 is 0 Å². The molecule has 0 bridgehead atoms. The number of nitrogens with one attached hydrogen (secondary N) is 1. The minimum atomic E-state index is -0.330. The highest BCUT2D eigenvalue weighted by Gasteiger charge is 2.20. The van der Waals surface area contributed by atoms with Gasteiger partial charge in [0, 0.05) is 24.7 Å². The summed E-state index contributed by atoms with van der Waals surface area (Å²) in [6, 6.07) is 26.3. The van der Waals surface area contributed by atoms with E-state index < -0.39 is 0 Å². The lowest BCUT2D eigenvalue weighted by Crippen LogP contribution is -2.32. The van der Waals surface area contributed by atoms with Crippen molar-refractivity contribution in [2.24, 2.45) is 0 Å². The highest BCUT2D eigenvalue weighted by Crippen LogP contribution is 2.17. The zero-order valence-electron chi connectivity index (χ0n) is 21.6. The third-order valence-electron chi connectivity index (χ3n) is 6.11. The van der Waals surface area contributed by atoms with Crippen molar-refractivity contribution in [3.63, 3.8) is 0 Å². The molecule has 8 nitrogen and oxygen atoms in total. The average Bonchev–Trinajstić information content (AvgIpc) is 3.44. The van der Waals surface area contributed by atoms with Crippen LogP contribution in [0.1, 0.15) is 37.7 Å². The lowest BCUT2D eigenvalue weighted by atomic mass is 10.1. The number of aromatic nitrogens is 1. The SMILES string of the molecule is COc1ccc(CCNC(=O)c2cc(CN(CCc3ccccc3)C(=O)c3cccc(OC)c3)on2)cc1. The minimum absolute atomic E-state index is 0.165. The molecule has 0 saturated heterocycles. The van der Waals surface area contributed by atoms with Gasteiger partial charge in [-0.1, -0.05) is 53.7 Å². The van der Waals surface area contributed by atoms with Crippen molar-refractivity contribution in [3.8, 4) is 11.5 Å². The Hall–Kier alpha value is -4.59. The summed E-state index contributed by atoms with van der Waals surface area (Å²) in [5, 5.41) is 6.80. The molecule has 0 atom stereocenters. The quantitative estimate of drug-likeness (QED) is 0.299. The molecule has 0 spiro atoms. The Morgan fingerprint density at radius 2 is 1.58 bits per heavy atom. The molecule has 0 fully saturated rings. The number of amides is 2. The minimum Gasteiger partial charge on any atom is -0.497 e. The maximum atomic E-state index is 13.4. The number of carbonyl (C=O) groups excluding carboxylic acids is 2. The number of nitrogens with zero attached hydrogens (tertiary/aromatic N) is 2. The lowest BCUT2D eigenvalue weighted by molar-refractivity contribution is 0.0728. The summed E-state index contributed by atoms with van der Waals surface area (Å²) in [6.45, 7) is 1.09. The molecule has 4 rings (SSSR count). The number of hydrogen-bond acceptors (Lipinski definition) is 6. The van der Waals surface area contributed by atoms with E-state index in [2.05, 4.69) is 10.5 Å². The van der Waals surface area contributed by atoms with Gasteiger partial charge in [-0.15, -0.1) is 0 Å². The summed E-state index contributed by atoms with van der Waals surface area (Å²) in [7, 11) is 3.19. The van der Waals surface area contributed by atoms with Gasteiger partial charge in [-0.05, 0) is 54.3 Å². The Kier molecular flexibility index (Phi) is 9.12. The molecular formula is C30H31N3O5. The molecule has 2 amide bonds. The predicted molar refractivity (Wildman–Crippen MR) is 143 cm³/mol. The van der Waals surface area contributed by atoms with Gasteiger partial charge >= 0.3 is 0 Å². The van der Waals surface area contributed by atoms with E-state index in [9.17, 15) is 9.59 Å². The molecule has 1 N–H and O–H groups in total. The molecule has 8 heteroatoms. The van der Waals surface area contributed by atoms with Crippen LogP contribution in [0.5, 0.6) is 11.5 Å². The second-order valence-electron chi connectivity index (χ2n) is 8.73. The van der Waals surface area contributed by atoms with E-state index in [0.29, 0.717) is 43.0 Å². The van der Waals surface area contributed by atoms with Gasteiger partial charge in [0.15, 0.2) is 11.5 Å². The number of methoxy groups -OCH3 is 2. The Bertz CT molecular complexity index is 1340. The van der Waals surface area contributed by atoms with Crippen molar-refractivity contribution in [1.29, 1.82) is 0 Å². The molecule has 0 unspecified atom stereocenters. The first kappa shape index (κ1) is 26.5. The van der Waals surface area contributed by atoms with E-state index in [-0.39, 0.29) is 24.1 Å². The highest BCUT2D eigenvalue weighted by atomic mass is 16.5. The topological polar surface area (TPSA) is 93.9 Å². The lowest BCUT2D eigenvalue weighted by Gasteiger charge is -2.22. The van der Waals surface area contributed by atoms with E-state index in [1.54, 1.807) is 49.5 Å². The number of hydrogen-bond donors (Lipinski definition) is 1. The monoisotopic (exact) mass is 513 g/mol. The van der Waals surface area contributed by atoms with E-state index in [0.717, 1.165) is 16.9 Å². The summed E-state index contributed by atoms with van der Waals surface area (Å²) in [5.41, 5.74) is 2.88. The van der Waals surface area contributed by atoms with Crippen molar-refractivity contribution in [2.75, 3.05) is 27.3 Å². The molecule has 0 aliphatic heterocycles.